The van der Waals surface area contributed by atoms with Gasteiger partial charge in [0.15, 0.2) is 5.69 Å². The van der Waals surface area contributed by atoms with Crippen molar-refractivity contribution in [3.8, 4) is 0 Å². The Labute approximate surface area is 79.5 Å². The van der Waals surface area contributed by atoms with Crippen LogP contribution < -0.4 is 5.06 Å². The van der Waals surface area contributed by atoms with Crippen molar-refractivity contribution >= 4 is 5.69 Å². The van der Waals surface area contributed by atoms with E-state index in [1.165, 1.54) is 12.1 Å². The van der Waals surface area contributed by atoms with Crippen LogP contribution in [0.3, 0.4) is 0 Å². The van der Waals surface area contributed by atoms with E-state index >= 15 is 0 Å². The minimum absolute atomic E-state index is 0.0314. The van der Waals surface area contributed by atoms with E-state index in [9.17, 15) is 18.4 Å². The zero-order valence-electron chi connectivity index (χ0n) is 7.60. The van der Waals surface area contributed by atoms with Crippen LogP contribution in [0.4, 0.5) is 18.9 Å². The highest BCUT2D eigenvalue weighted by atomic mass is 19.4. The minimum Gasteiger partial charge on any atom is -0.213 e. The van der Waals surface area contributed by atoms with Crippen LogP contribution in [0.5, 0.6) is 0 Å². The van der Waals surface area contributed by atoms with Gasteiger partial charge in [-0.15, -0.1) is 0 Å². The predicted molar refractivity (Wildman–Crippen MR) is 44.4 cm³/mol. The molecule has 14 heavy (non-hydrogen) atoms. The highest BCUT2D eigenvalue weighted by Crippen LogP contribution is 2.29. The van der Waals surface area contributed by atoms with Gasteiger partial charge in [0.25, 0.3) is 0 Å². The standard InChI is InChI=1S/C9H10F3NO/c1-2-13(14)8-5-3-4-7(6-8)9(10,11)12/h3-6,14H,2H2,1H3/p+1. The lowest BCUT2D eigenvalue weighted by Gasteiger charge is -2.10. The Hall–Kier alpha value is -1.07. The van der Waals surface area contributed by atoms with E-state index in [2.05, 4.69) is 0 Å². The summed E-state index contributed by atoms with van der Waals surface area (Å²) in [6.45, 7) is 2.00. The van der Waals surface area contributed by atoms with E-state index in [1.54, 1.807) is 6.92 Å². The number of alkyl halides is 3. The summed E-state index contributed by atoms with van der Waals surface area (Å²) in [5, 5.41) is 9.24. The summed E-state index contributed by atoms with van der Waals surface area (Å²) in [6.07, 6.45) is -4.36. The molecule has 0 bridgehead atoms. The first-order valence-corrected chi connectivity index (χ1v) is 4.17. The molecule has 0 heterocycles. The summed E-state index contributed by atoms with van der Waals surface area (Å²) >= 11 is 0. The maximum Gasteiger partial charge on any atom is 0.416 e. The average molecular weight is 206 g/mol. The van der Waals surface area contributed by atoms with Crippen molar-refractivity contribution in [3.63, 3.8) is 0 Å². The number of hydrogen-bond donors (Lipinski definition) is 2. The minimum atomic E-state index is -4.36. The van der Waals surface area contributed by atoms with E-state index in [0.29, 0.717) is 6.54 Å². The zero-order valence-corrected chi connectivity index (χ0v) is 7.60. The molecule has 0 amide bonds. The maximum absolute atomic E-state index is 12.2. The number of nitrogens with one attached hydrogen (secondary N) is 1. The Kier molecular flexibility index (Phi) is 3.13. The average Bonchev–Trinajstić information content (AvgIpc) is 2.15. The number of rotatable bonds is 2. The lowest BCUT2D eigenvalue weighted by Crippen LogP contribution is -3.04. The van der Waals surface area contributed by atoms with Gasteiger partial charge in [-0.25, -0.2) is 5.21 Å². The second-order valence-electron chi connectivity index (χ2n) is 2.88. The third kappa shape index (κ3) is 2.46. The molecule has 0 radical (unpaired) electrons. The van der Waals surface area contributed by atoms with Crippen LogP contribution in [-0.4, -0.2) is 11.8 Å². The first-order chi connectivity index (χ1) is 6.45. The van der Waals surface area contributed by atoms with Gasteiger partial charge in [0.05, 0.1) is 5.56 Å². The van der Waals surface area contributed by atoms with Crippen LogP contribution in [0.25, 0.3) is 0 Å². The molecule has 2 nitrogen and oxygen atoms in total. The number of hydrogen-bond acceptors (Lipinski definition) is 1. The van der Waals surface area contributed by atoms with Crippen LogP contribution in [-0.2, 0) is 6.18 Å². The third-order valence-corrected chi connectivity index (χ3v) is 1.86. The smallest absolute Gasteiger partial charge is 0.213 e. The molecule has 0 spiro atoms. The first-order valence-electron chi connectivity index (χ1n) is 4.17. The van der Waals surface area contributed by atoms with E-state index in [0.717, 1.165) is 12.1 Å². The van der Waals surface area contributed by atoms with Gasteiger partial charge in [-0.1, -0.05) is 6.07 Å². The van der Waals surface area contributed by atoms with E-state index in [1.807, 2.05) is 0 Å². The molecule has 1 unspecified atom stereocenters. The molecule has 5 heteroatoms. The lowest BCUT2D eigenvalue weighted by molar-refractivity contribution is -1.03. The summed E-state index contributed by atoms with van der Waals surface area (Å²) < 4.78 is 36.7. The summed E-state index contributed by atoms with van der Waals surface area (Å²) in [6, 6.07) is 4.66. The van der Waals surface area contributed by atoms with Crippen molar-refractivity contribution in [1.82, 2.24) is 0 Å². The highest BCUT2D eigenvalue weighted by Gasteiger charge is 2.31. The van der Waals surface area contributed by atoms with Crippen LogP contribution in [0, 0.1) is 0 Å². The second-order valence-corrected chi connectivity index (χ2v) is 2.88. The Bertz CT molecular complexity index is 311. The largest absolute Gasteiger partial charge is 0.416 e. The molecule has 2 N–H and O–H groups in total. The fraction of sp³-hybridized carbons (Fsp3) is 0.333. The summed E-state index contributed by atoms with van der Waals surface area (Å²) in [5.41, 5.74) is -0.516. The van der Waals surface area contributed by atoms with Gasteiger partial charge < -0.3 is 0 Å². The molecule has 0 aliphatic heterocycles. The van der Waals surface area contributed by atoms with E-state index in [4.69, 9.17) is 0 Å². The van der Waals surface area contributed by atoms with Crippen LogP contribution in [0.2, 0.25) is 0 Å². The number of quaternary nitrogens is 1. The fourth-order valence-electron chi connectivity index (χ4n) is 1.08. The molecular formula is C9H11F3NO+. The van der Waals surface area contributed by atoms with Crippen molar-refractivity contribution in [1.29, 1.82) is 0 Å². The monoisotopic (exact) mass is 206 g/mol. The molecule has 0 aliphatic carbocycles. The molecule has 1 aromatic rings. The second kappa shape index (κ2) is 3.98. The van der Waals surface area contributed by atoms with Crippen LogP contribution in [0.15, 0.2) is 24.3 Å². The van der Waals surface area contributed by atoms with E-state index < -0.39 is 11.7 Å². The Morgan fingerprint density at radius 3 is 2.50 bits per heavy atom. The first kappa shape index (κ1) is 11.0. The van der Waals surface area contributed by atoms with Gasteiger partial charge in [-0.2, -0.15) is 18.2 Å². The van der Waals surface area contributed by atoms with Crippen molar-refractivity contribution in [2.45, 2.75) is 13.1 Å². The normalized spacial score (nSPS) is 14.1. The Morgan fingerprint density at radius 2 is 2.00 bits per heavy atom. The molecule has 0 aromatic heterocycles. The highest BCUT2D eigenvalue weighted by molar-refractivity contribution is 5.34. The number of halogens is 3. The van der Waals surface area contributed by atoms with Gasteiger partial charge in [0.2, 0.25) is 0 Å². The third-order valence-electron chi connectivity index (χ3n) is 1.86. The number of hydroxylamine groups is 1. The van der Waals surface area contributed by atoms with Crippen LogP contribution in [0.1, 0.15) is 12.5 Å². The zero-order chi connectivity index (χ0) is 10.8. The summed E-state index contributed by atoms with van der Waals surface area (Å²) in [5.74, 6) is 0. The summed E-state index contributed by atoms with van der Waals surface area (Å²) in [7, 11) is 0. The molecule has 78 valence electrons. The van der Waals surface area contributed by atoms with Gasteiger partial charge >= 0.3 is 6.18 Å². The predicted octanol–water partition coefficient (Wildman–Crippen LogP) is 1.63. The number of benzene rings is 1. The Morgan fingerprint density at radius 1 is 1.36 bits per heavy atom. The fourth-order valence-corrected chi connectivity index (χ4v) is 1.08. The summed E-state index contributed by atoms with van der Waals surface area (Å²) in [4.78, 5) is 0. The topological polar surface area (TPSA) is 24.7 Å². The molecule has 0 fully saturated rings. The van der Waals surface area contributed by atoms with Gasteiger partial charge in [0, 0.05) is 12.1 Å². The molecule has 0 saturated heterocycles. The van der Waals surface area contributed by atoms with Crippen molar-refractivity contribution in [2.75, 3.05) is 6.54 Å². The molecule has 1 atom stereocenters. The lowest BCUT2D eigenvalue weighted by atomic mass is 10.2. The molecule has 1 aromatic carbocycles. The van der Waals surface area contributed by atoms with Gasteiger partial charge in [-0.3, -0.25) is 0 Å². The van der Waals surface area contributed by atoms with Gasteiger partial charge in [0.1, 0.15) is 6.54 Å². The molecular weight excluding hydrogens is 195 g/mol. The van der Waals surface area contributed by atoms with E-state index in [-0.39, 0.29) is 10.8 Å². The Balaban J connectivity index is 3.01. The van der Waals surface area contributed by atoms with Crippen molar-refractivity contribution < 1.29 is 23.4 Å². The quantitative estimate of drug-likeness (QED) is 0.706. The van der Waals surface area contributed by atoms with Gasteiger partial charge in [-0.05, 0) is 13.0 Å². The molecule has 0 aliphatic rings. The molecule has 1 rings (SSSR count). The van der Waals surface area contributed by atoms with Crippen LogP contribution >= 0.6 is 0 Å². The van der Waals surface area contributed by atoms with Crippen molar-refractivity contribution in [3.05, 3.63) is 29.8 Å². The SMILES string of the molecule is CC[NH+](O)c1cccc(C(F)(F)F)c1. The molecule has 0 saturated carbocycles. The maximum atomic E-state index is 12.2. The van der Waals surface area contributed by atoms with Crippen molar-refractivity contribution in [2.24, 2.45) is 0 Å².